The third-order valence-electron chi connectivity index (χ3n) is 2.80. The Morgan fingerprint density at radius 3 is 2.00 bits per heavy atom. The Balaban J connectivity index is 2.10. The Kier molecular flexibility index (Phi) is 4.22. The molecule has 19 heavy (non-hydrogen) atoms. The lowest BCUT2D eigenvalue weighted by Gasteiger charge is -2.09. The Bertz CT molecular complexity index is 561. The zero-order valence-electron chi connectivity index (χ0n) is 10.3. The Morgan fingerprint density at radius 2 is 1.53 bits per heavy atom. The minimum Gasteiger partial charge on any atom is -0.481 e. The fraction of sp³-hybridized carbons (Fsp3) is 0.133. The first kappa shape index (κ1) is 13.6. The minimum absolute atomic E-state index is 0.512. The molecule has 98 valence electrons. The van der Waals surface area contributed by atoms with Crippen molar-refractivity contribution in [3.05, 3.63) is 58.6 Å². The molecule has 1 atom stereocenters. The van der Waals surface area contributed by atoms with Crippen molar-refractivity contribution in [2.24, 2.45) is 0 Å². The molecule has 0 aromatic heterocycles. The molecule has 0 amide bonds. The number of aliphatic carboxylic acids is 1. The molecule has 2 aromatic rings. The van der Waals surface area contributed by atoms with Gasteiger partial charge in [-0.2, -0.15) is 0 Å². The summed E-state index contributed by atoms with van der Waals surface area (Å²) in [7, 11) is 0. The molecule has 0 radical (unpaired) electrons. The maximum atomic E-state index is 10.9. The van der Waals surface area contributed by atoms with Crippen molar-refractivity contribution in [3.8, 4) is 11.5 Å². The summed E-state index contributed by atoms with van der Waals surface area (Å²) >= 11 is 3.36. The fourth-order valence-corrected chi connectivity index (χ4v) is 1.87. The Labute approximate surface area is 120 Å². The van der Waals surface area contributed by atoms with Crippen molar-refractivity contribution >= 4 is 21.9 Å². The highest BCUT2D eigenvalue weighted by atomic mass is 79.9. The standard InChI is InChI=1S/C15H13BrO3/c1-10(15(17)18)11-2-6-13(7-3-11)19-14-8-4-12(16)5-9-14/h2-10H,1H3,(H,17,18). The van der Waals surface area contributed by atoms with Crippen LogP contribution < -0.4 is 4.74 Å². The van der Waals surface area contributed by atoms with Crippen LogP contribution in [0.1, 0.15) is 18.4 Å². The number of carboxylic acids is 1. The van der Waals surface area contributed by atoms with Crippen molar-refractivity contribution in [3.63, 3.8) is 0 Å². The van der Waals surface area contributed by atoms with E-state index in [1.54, 1.807) is 31.2 Å². The molecule has 2 rings (SSSR count). The summed E-state index contributed by atoms with van der Waals surface area (Å²) < 4.78 is 6.65. The average molecular weight is 321 g/mol. The molecule has 1 N–H and O–H groups in total. The van der Waals surface area contributed by atoms with Gasteiger partial charge in [-0.05, 0) is 48.9 Å². The van der Waals surface area contributed by atoms with Gasteiger partial charge in [0.15, 0.2) is 0 Å². The van der Waals surface area contributed by atoms with E-state index in [4.69, 9.17) is 9.84 Å². The predicted octanol–water partition coefficient (Wildman–Crippen LogP) is 4.43. The molecule has 0 saturated carbocycles. The van der Waals surface area contributed by atoms with Crippen LogP contribution in [0.25, 0.3) is 0 Å². The van der Waals surface area contributed by atoms with Crippen LogP contribution in [0.5, 0.6) is 11.5 Å². The lowest BCUT2D eigenvalue weighted by molar-refractivity contribution is -0.138. The van der Waals surface area contributed by atoms with Crippen LogP contribution in [0.15, 0.2) is 53.0 Å². The number of benzene rings is 2. The van der Waals surface area contributed by atoms with Crippen LogP contribution in [0.2, 0.25) is 0 Å². The van der Waals surface area contributed by atoms with Gasteiger partial charge in [-0.15, -0.1) is 0 Å². The van der Waals surface area contributed by atoms with Gasteiger partial charge in [0.05, 0.1) is 5.92 Å². The molecule has 0 spiro atoms. The van der Waals surface area contributed by atoms with Gasteiger partial charge in [0.1, 0.15) is 11.5 Å². The topological polar surface area (TPSA) is 46.5 Å². The van der Waals surface area contributed by atoms with Crippen molar-refractivity contribution in [2.75, 3.05) is 0 Å². The van der Waals surface area contributed by atoms with Crippen molar-refractivity contribution in [1.29, 1.82) is 0 Å². The van der Waals surface area contributed by atoms with Crippen LogP contribution in [0.4, 0.5) is 0 Å². The first-order valence-electron chi connectivity index (χ1n) is 5.82. The van der Waals surface area contributed by atoms with Gasteiger partial charge in [-0.25, -0.2) is 0 Å². The highest BCUT2D eigenvalue weighted by Crippen LogP contribution is 2.25. The fourth-order valence-electron chi connectivity index (χ4n) is 1.61. The van der Waals surface area contributed by atoms with Gasteiger partial charge in [0.25, 0.3) is 0 Å². The van der Waals surface area contributed by atoms with Gasteiger partial charge >= 0.3 is 5.97 Å². The highest BCUT2D eigenvalue weighted by Gasteiger charge is 2.13. The summed E-state index contributed by atoms with van der Waals surface area (Å²) in [5.74, 6) is 0.0780. The molecular formula is C15H13BrO3. The summed E-state index contributed by atoms with van der Waals surface area (Å²) in [4.78, 5) is 10.9. The lowest BCUT2D eigenvalue weighted by Crippen LogP contribution is -2.06. The van der Waals surface area contributed by atoms with Crippen LogP contribution >= 0.6 is 15.9 Å². The van der Waals surface area contributed by atoms with Crippen molar-refractivity contribution < 1.29 is 14.6 Å². The number of hydrogen-bond acceptors (Lipinski definition) is 2. The SMILES string of the molecule is CC(C(=O)O)c1ccc(Oc2ccc(Br)cc2)cc1. The first-order chi connectivity index (χ1) is 9.06. The molecule has 2 aromatic carbocycles. The first-order valence-corrected chi connectivity index (χ1v) is 6.62. The van der Waals surface area contributed by atoms with E-state index in [1.807, 2.05) is 24.3 Å². The highest BCUT2D eigenvalue weighted by molar-refractivity contribution is 9.10. The molecule has 3 nitrogen and oxygen atoms in total. The minimum atomic E-state index is -0.832. The molecule has 0 bridgehead atoms. The largest absolute Gasteiger partial charge is 0.481 e. The summed E-state index contributed by atoms with van der Waals surface area (Å²) in [5.41, 5.74) is 0.760. The maximum Gasteiger partial charge on any atom is 0.310 e. The molecule has 0 saturated heterocycles. The summed E-state index contributed by atoms with van der Waals surface area (Å²) in [6.07, 6.45) is 0. The van der Waals surface area contributed by atoms with Gasteiger partial charge in [-0.1, -0.05) is 28.1 Å². The Hall–Kier alpha value is -1.81. The second-order valence-electron chi connectivity index (χ2n) is 4.18. The lowest BCUT2D eigenvalue weighted by atomic mass is 10.0. The normalized spacial score (nSPS) is 11.9. The Morgan fingerprint density at radius 1 is 1.05 bits per heavy atom. The van der Waals surface area contributed by atoms with Crippen LogP contribution in [0.3, 0.4) is 0 Å². The number of hydrogen-bond donors (Lipinski definition) is 1. The predicted molar refractivity (Wildman–Crippen MR) is 76.7 cm³/mol. The molecule has 0 aliphatic carbocycles. The zero-order chi connectivity index (χ0) is 13.8. The van der Waals surface area contributed by atoms with E-state index in [0.29, 0.717) is 5.75 Å². The second-order valence-corrected chi connectivity index (χ2v) is 5.10. The van der Waals surface area contributed by atoms with E-state index >= 15 is 0 Å². The van der Waals surface area contributed by atoms with Gasteiger partial charge in [0.2, 0.25) is 0 Å². The monoisotopic (exact) mass is 320 g/mol. The molecule has 0 heterocycles. The number of carbonyl (C=O) groups is 1. The number of halogens is 1. The molecule has 4 heteroatoms. The van der Waals surface area contributed by atoms with E-state index in [0.717, 1.165) is 15.8 Å². The number of rotatable bonds is 4. The number of ether oxygens (including phenoxy) is 1. The van der Waals surface area contributed by atoms with Crippen molar-refractivity contribution in [2.45, 2.75) is 12.8 Å². The third kappa shape index (κ3) is 3.58. The number of carboxylic acid groups (broad SMARTS) is 1. The molecule has 1 unspecified atom stereocenters. The summed E-state index contributed by atoms with van der Waals surface area (Å²) in [6.45, 7) is 1.66. The van der Waals surface area contributed by atoms with E-state index < -0.39 is 11.9 Å². The average Bonchev–Trinajstić information content (AvgIpc) is 2.41. The molecule has 0 aliphatic rings. The molecular weight excluding hydrogens is 308 g/mol. The molecule has 0 fully saturated rings. The van der Waals surface area contributed by atoms with Crippen LogP contribution in [-0.4, -0.2) is 11.1 Å². The molecule has 0 aliphatic heterocycles. The van der Waals surface area contributed by atoms with Crippen molar-refractivity contribution in [1.82, 2.24) is 0 Å². The third-order valence-corrected chi connectivity index (χ3v) is 3.33. The second kappa shape index (κ2) is 5.89. The van der Waals surface area contributed by atoms with Gasteiger partial charge < -0.3 is 9.84 Å². The summed E-state index contributed by atoms with van der Waals surface area (Å²) in [6, 6.07) is 14.6. The van der Waals surface area contributed by atoms with Gasteiger partial charge in [-0.3, -0.25) is 4.79 Å². The van der Waals surface area contributed by atoms with E-state index in [1.165, 1.54) is 0 Å². The van der Waals surface area contributed by atoms with E-state index in [2.05, 4.69) is 15.9 Å². The van der Waals surface area contributed by atoms with E-state index in [9.17, 15) is 4.79 Å². The maximum absolute atomic E-state index is 10.9. The smallest absolute Gasteiger partial charge is 0.310 e. The van der Waals surface area contributed by atoms with E-state index in [-0.39, 0.29) is 0 Å². The quantitative estimate of drug-likeness (QED) is 0.906. The zero-order valence-corrected chi connectivity index (χ0v) is 11.9. The van der Waals surface area contributed by atoms with Gasteiger partial charge in [0, 0.05) is 4.47 Å². The summed E-state index contributed by atoms with van der Waals surface area (Å²) in [5, 5.41) is 8.93. The van der Waals surface area contributed by atoms with Crippen LogP contribution in [-0.2, 0) is 4.79 Å². The van der Waals surface area contributed by atoms with Crippen LogP contribution in [0, 0.1) is 0 Å².